The van der Waals surface area contributed by atoms with Gasteiger partial charge in [0.05, 0.1) is 11.4 Å². The fraction of sp³-hybridized carbons (Fsp3) is 0.200. The zero-order valence-electron chi connectivity index (χ0n) is 8.85. The van der Waals surface area contributed by atoms with E-state index in [0.29, 0.717) is 11.4 Å². The zero-order chi connectivity index (χ0) is 13.0. The van der Waals surface area contributed by atoms with Crippen LogP contribution in [-0.4, -0.2) is 20.6 Å². The van der Waals surface area contributed by atoms with Crippen LogP contribution in [0.15, 0.2) is 45.9 Å². The molecular weight excluding hydrogens is 279 g/mol. The first-order valence-corrected chi connectivity index (χ1v) is 5.81. The minimum atomic E-state index is -2.09. The van der Waals surface area contributed by atoms with E-state index in [2.05, 4.69) is 20.9 Å². The number of hydrogen-bond acceptors (Lipinski definition) is 6. The molecule has 0 aliphatic carbocycles. The largest absolute Gasteiger partial charge is 0.351 e. The molecular formula is C10H8Cl2N4O2. The maximum atomic E-state index is 9.90. The molecule has 6 nitrogen and oxygen atoms in total. The van der Waals surface area contributed by atoms with Gasteiger partial charge in [0.1, 0.15) is 11.4 Å². The van der Waals surface area contributed by atoms with Crippen molar-refractivity contribution in [3.8, 4) is 0 Å². The van der Waals surface area contributed by atoms with Crippen molar-refractivity contribution < 1.29 is 10.2 Å². The second-order valence-electron chi connectivity index (χ2n) is 3.92. The van der Waals surface area contributed by atoms with Crippen molar-refractivity contribution in [2.24, 2.45) is 10.2 Å². The highest BCUT2D eigenvalue weighted by Crippen LogP contribution is 2.44. The number of benzene rings is 1. The first kappa shape index (κ1) is 11.7. The summed E-state index contributed by atoms with van der Waals surface area (Å²) in [4.78, 5) is 0. The molecule has 94 valence electrons. The molecule has 8 heteroatoms. The minimum Gasteiger partial charge on any atom is -0.351 e. The van der Waals surface area contributed by atoms with Gasteiger partial charge in [0, 0.05) is 0 Å². The highest BCUT2D eigenvalue weighted by Gasteiger charge is 2.47. The van der Waals surface area contributed by atoms with Crippen LogP contribution in [0, 0.1) is 0 Å². The Morgan fingerprint density at radius 2 is 1.28 bits per heavy atom. The number of halogens is 2. The molecule has 18 heavy (non-hydrogen) atoms. The van der Waals surface area contributed by atoms with Crippen molar-refractivity contribution in [1.82, 2.24) is 0 Å². The summed E-state index contributed by atoms with van der Waals surface area (Å²) < 4.78 is 0. The summed E-state index contributed by atoms with van der Waals surface area (Å²) in [5.74, 6) is 0. The van der Waals surface area contributed by atoms with Crippen molar-refractivity contribution in [3.05, 3.63) is 35.7 Å². The van der Waals surface area contributed by atoms with Crippen LogP contribution in [0.1, 0.15) is 0 Å². The third-order valence-electron chi connectivity index (χ3n) is 2.65. The van der Waals surface area contributed by atoms with Gasteiger partial charge in [0.2, 0.25) is 0 Å². The molecule has 0 amide bonds. The predicted octanol–water partition coefficient (Wildman–Crippen LogP) is 1.97. The molecule has 0 saturated carbocycles. The van der Waals surface area contributed by atoms with Crippen LogP contribution in [0.4, 0.5) is 11.4 Å². The number of hydrogen-bond donors (Lipinski definition) is 4. The van der Waals surface area contributed by atoms with Gasteiger partial charge < -0.3 is 20.8 Å². The average Bonchev–Trinajstić information content (AvgIpc) is 2.34. The number of anilines is 2. The lowest BCUT2D eigenvalue weighted by Gasteiger charge is -2.36. The fourth-order valence-electron chi connectivity index (χ4n) is 1.81. The van der Waals surface area contributed by atoms with Gasteiger partial charge in [-0.15, -0.1) is 10.2 Å². The van der Waals surface area contributed by atoms with Crippen LogP contribution in [0.5, 0.6) is 0 Å². The molecule has 2 heterocycles. The molecule has 0 radical (unpaired) electrons. The molecule has 0 spiro atoms. The van der Waals surface area contributed by atoms with Crippen molar-refractivity contribution in [2.45, 2.75) is 10.4 Å². The van der Waals surface area contributed by atoms with E-state index in [0.717, 1.165) is 0 Å². The van der Waals surface area contributed by atoms with E-state index in [1.807, 2.05) is 12.1 Å². The first-order chi connectivity index (χ1) is 8.40. The average molecular weight is 287 g/mol. The molecule has 2 aliphatic heterocycles. The number of aliphatic hydroxyl groups is 2. The Bertz CT molecular complexity index is 534. The van der Waals surface area contributed by atoms with E-state index in [1.54, 1.807) is 12.1 Å². The lowest BCUT2D eigenvalue weighted by molar-refractivity contribution is 0.108. The second-order valence-corrected chi connectivity index (χ2v) is 4.97. The lowest BCUT2D eigenvalue weighted by Crippen LogP contribution is -2.42. The zero-order valence-corrected chi connectivity index (χ0v) is 10.4. The number of fused-ring (bicyclic) bond motifs is 1. The topological polar surface area (TPSA) is 89.2 Å². The molecule has 1 aromatic carbocycles. The van der Waals surface area contributed by atoms with Gasteiger partial charge in [-0.25, -0.2) is 0 Å². The maximum Gasteiger partial charge on any atom is 0.297 e. The van der Waals surface area contributed by atoms with E-state index in [-0.39, 0.29) is 11.4 Å². The van der Waals surface area contributed by atoms with Crippen molar-refractivity contribution >= 4 is 34.6 Å². The monoisotopic (exact) mass is 286 g/mol. The molecule has 1 aromatic rings. The van der Waals surface area contributed by atoms with Crippen LogP contribution < -0.4 is 10.6 Å². The summed E-state index contributed by atoms with van der Waals surface area (Å²) in [6, 6.07) is 7.17. The highest BCUT2D eigenvalue weighted by atomic mass is 35.5. The molecule has 0 aromatic heterocycles. The Morgan fingerprint density at radius 1 is 0.889 bits per heavy atom. The van der Waals surface area contributed by atoms with E-state index in [1.165, 1.54) is 0 Å². The maximum absolute atomic E-state index is 9.90. The predicted molar refractivity (Wildman–Crippen MR) is 67.2 cm³/mol. The third-order valence-corrected chi connectivity index (χ3v) is 3.18. The fourth-order valence-corrected chi connectivity index (χ4v) is 2.16. The quantitative estimate of drug-likeness (QED) is 0.434. The number of azo groups is 1. The molecule has 2 unspecified atom stereocenters. The van der Waals surface area contributed by atoms with Crippen LogP contribution in [0.3, 0.4) is 0 Å². The van der Waals surface area contributed by atoms with Gasteiger partial charge in [0.25, 0.3) is 10.4 Å². The Hall–Kier alpha value is -1.34. The molecule has 2 aliphatic rings. The van der Waals surface area contributed by atoms with E-state index < -0.39 is 10.4 Å². The molecule has 2 atom stereocenters. The van der Waals surface area contributed by atoms with Crippen molar-refractivity contribution in [3.63, 3.8) is 0 Å². The molecule has 0 bridgehead atoms. The number of rotatable bonds is 0. The Labute approximate surface area is 112 Å². The van der Waals surface area contributed by atoms with E-state index in [4.69, 9.17) is 23.2 Å². The lowest BCUT2D eigenvalue weighted by atomic mass is 10.1. The standard InChI is InChI=1S/C10H8Cl2N4O2/c11-9(17)7-8(10(12,18)16-15-9)14-6-4-2-1-3-5(6)13-7/h1-4,13-14,17-18H. The van der Waals surface area contributed by atoms with Crippen LogP contribution in [-0.2, 0) is 0 Å². The summed E-state index contributed by atoms with van der Waals surface area (Å²) in [5, 5.41) is 28.1. The summed E-state index contributed by atoms with van der Waals surface area (Å²) in [7, 11) is 0. The van der Waals surface area contributed by atoms with Crippen LogP contribution >= 0.6 is 23.2 Å². The summed E-state index contributed by atoms with van der Waals surface area (Å²) >= 11 is 11.6. The van der Waals surface area contributed by atoms with Crippen LogP contribution in [0.2, 0.25) is 0 Å². The normalized spacial score (nSPS) is 33.3. The van der Waals surface area contributed by atoms with Gasteiger partial charge in [-0.2, -0.15) is 0 Å². The van der Waals surface area contributed by atoms with Crippen molar-refractivity contribution in [1.29, 1.82) is 0 Å². The molecule has 0 saturated heterocycles. The second kappa shape index (κ2) is 3.58. The number of nitrogens with one attached hydrogen (secondary N) is 2. The van der Waals surface area contributed by atoms with Gasteiger partial charge in [-0.3, -0.25) is 0 Å². The number of nitrogens with zero attached hydrogens (tertiary/aromatic N) is 2. The summed E-state index contributed by atoms with van der Waals surface area (Å²) in [6.45, 7) is 0. The first-order valence-electron chi connectivity index (χ1n) is 5.05. The number of para-hydroxylation sites is 2. The molecule has 0 fully saturated rings. The highest BCUT2D eigenvalue weighted by molar-refractivity contribution is 6.27. The van der Waals surface area contributed by atoms with Gasteiger partial charge in [-0.05, 0) is 12.1 Å². The molecule has 4 N–H and O–H groups in total. The smallest absolute Gasteiger partial charge is 0.297 e. The molecule has 3 rings (SSSR count). The Kier molecular flexibility index (Phi) is 2.33. The van der Waals surface area contributed by atoms with Crippen molar-refractivity contribution in [2.75, 3.05) is 10.6 Å². The minimum absolute atomic E-state index is 0.0513. The third kappa shape index (κ3) is 1.65. The SMILES string of the molecule is OC1(Cl)N=NC(O)(Cl)C2=C1Nc1ccccc1N2. The Morgan fingerprint density at radius 3 is 1.67 bits per heavy atom. The Balaban J connectivity index is 2.14. The van der Waals surface area contributed by atoms with Gasteiger partial charge in [-0.1, -0.05) is 35.3 Å². The number of alkyl halides is 2. The summed E-state index contributed by atoms with van der Waals surface area (Å²) in [6.07, 6.45) is 0. The van der Waals surface area contributed by atoms with Gasteiger partial charge >= 0.3 is 0 Å². The van der Waals surface area contributed by atoms with Gasteiger partial charge in [0.15, 0.2) is 0 Å². The van der Waals surface area contributed by atoms with E-state index in [9.17, 15) is 10.2 Å². The van der Waals surface area contributed by atoms with Crippen LogP contribution in [0.25, 0.3) is 0 Å². The summed E-state index contributed by atoms with van der Waals surface area (Å²) in [5.41, 5.74) is 1.46. The van der Waals surface area contributed by atoms with E-state index >= 15 is 0 Å².